The fourth-order valence-electron chi connectivity index (χ4n) is 8.54. The third-order valence-corrected chi connectivity index (χ3v) is 11.9. The second kappa shape index (κ2) is 35.1. The third kappa shape index (κ3) is 26.3. The summed E-state index contributed by atoms with van der Waals surface area (Å²) in [6.45, 7) is 8.72. The highest BCUT2D eigenvalue weighted by Gasteiger charge is 2.38. The van der Waals surface area contributed by atoms with E-state index >= 15 is 0 Å². The van der Waals surface area contributed by atoms with Crippen molar-refractivity contribution < 1.29 is 88.5 Å². The van der Waals surface area contributed by atoms with Crippen LogP contribution in [0.5, 0.6) is 0 Å². The van der Waals surface area contributed by atoms with Gasteiger partial charge >= 0.3 is 0 Å². The first-order chi connectivity index (χ1) is 38.1. The number of aromatic nitrogens is 4. The van der Waals surface area contributed by atoms with E-state index in [4.69, 9.17) is 20.6 Å². The molecular formula is C56H80F6N8O13S2. The lowest BCUT2D eigenvalue weighted by Gasteiger charge is -2.41. The minimum atomic E-state index is -3.67. The van der Waals surface area contributed by atoms with Crippen LogP contribution in [0, 0.1) is 34.1 Å². The average molecular weight is 1250 g/mol. The van der Waals surface area contributed by atoms with Crippen molar-refractivity contribution in [2.45, 2.75) is 91.6 Å². The van der Waals surface area contributed by atoms with Gasteiger partial charge in [0.25, 0.3) is 20.2 Å². The maximum atomic E-state index is 14.7. The van der Waals surface area contributed by atoms with Crippen molar-refractivity contribution in [3.8, 4) is 22.5 Å². The molecule has 0 aliphatic heterocycles. The Bertz CT molecular complexity index is 3000. The smallest absolute Gasteiger partial charge is 0.261 e. The molecule has 6 aromatic rings. The number of rotatable bonds is 20. The zero-order chi connectivity index (χ0) is 61.9. The number of carbonyl (C=O) groups is 2. The molecule has 21 nitrogen and oxygen atoms in total. The minimum Gasteiger partial charge on any atom is -0.412 e. The molecule has 85 heavy (non-hydrogen) atoms. The zero-order valence-electron chi connectivity index (χ0n) is 48.4. The molecule has 0 bridgehead atoms. The summed E-state index contributed by atoms with van der Waals surface area (Å²) in [7, 11) is -7.33. The predicted molar refractivity (Wildman–Crippen MR) is 311 cm³/mol. The van der Waals surface area contributed by atoms with E-state index in [9.17, 15) is 63.0 Å². The molecule has 0 spiro atoms. The van der Waals surface area contributed by atoms with Crippen molar-refractivity contribution in [2.75, 3.05) is 52.2 Å². The molecule has 0 aliphatic carbocycles. The second-order valence-corrected chi connectivity index (χ2v) is 24.2. The van der Waals surface area contributed by atoms with Crippen LogP contribution in [0.4, 0.5) is 26.3 Å². The maximum absolute atomic E-state index is 14.7. The molecule has 0 radical (unpaired) electrons. The highest BCUT2D eigenvalue weighted by atomic mass is 32.2. The molecule has 4 atom stereocenters. The lowest BCUT2D eigenvalue weighted by molar-refractivity contribution is -0.143. The molecular weight excluding hydrogens is 1170 g/mol. The van der Waals surface area contributed by atoms with Crippen LogP contribution in [-0.2, 0) is 42.7 Å². The monoisotopic (exact) mass is 1250 g/mol. The van der Waals surface area contributed by atoms with E-state index in [-0.39, 0.29) is 64.9 Å². The first kappa shape index (κ1) is 78.4. The number of imidazole rings is 2. The van der Waals surface area contributed by atoms with E-state index in [0.29, 0.717) is 37.0 Å². The van der Waals surface area contributed by atoms with Crippen molar-refractivity contribution in [1.82, 2.24) is 28.9 Å². The molecule has 14 N–H and O–H groups in total. The molecule has 0 aliphatic rings. The number of carbonyl (C=O) groups excluding carboxylic acids is 2. The lowest BCUT2D eigenvalue weighted by atomic mass is 9.90. The second-order valence-electron chi connectivity index (χ2n) is 21.3. The van der Waals surface area contributed by atoms with Gasteiger partial charge in [-0.25, -0.2) is 36.3 Å². The summed E-state index contributed by atoms with van der Waals surface area (Å²) in [5.74, 6) is -2.53. The standard InChI is InChI=1S/2C27H33F3N4O2.2CH4O3S.3H2O/c2*1-27(2,3)26(33(25(36)17-35)12-11-20(31)15-28)34-16-23(21-14-19(29)9-10-22(21)30)32-24(34)13-18-7-5-4-6-8-18;2*1-5(2,3)4;;;/h2*4-10,14,16,20,26,35H,11-13,15,17,31H2,1-3H3;2*1H3,(H,2,3,4);3*1H2/t2*20-,26-;;;;;/m00...../s1. The summed E-state index contributed by atoms with van der Waals surface area (Å²) in [6.07, 6.45) is 4.34. The van der Waals surface area contributed by atoms with Gasteiger partial charge in [-0.1, -0.05) is 102 Å². The zero-order valence-corrected chi connectivity index (χ0v) is 50.1. The van der Waals surface area contributed by atoms with Crippen LogP contribution in [0.25, 0.3) is 22.5 Å². The number of nitrogens with zero attached hydrogens (tertiary/aromatic N) is 6. The first-order valence-electron chi connectivity index (χ1n) is 25.5. The molecule has 2 amide bonds. The van der Waals surface area contributed by atoms with Crippen LogP contribution in [0.3, 0.4) is 0 Å². The largest absolute Gasteiger partial charge is 0.412 e. The van der Waals surface area contributed by atoms with Gasteiger partial charge in [-0.15, -0.1) is 0 Å². The summed E-state index contributed by atoms with van der Waals surface area (Å²) >= 11 is 0. The van der Waals surface area contributed by atoms with E-state index < -0.39 is 117 Å². The molecule has 2 heterocycles. The fraction of sp³-hybridized carbons (Fsp3) is 0.429. The Morgan fingerprint density at radius 1 is 0.565 bits per heavy atom. The van der Waals surface area contributed by atoms with Crippen LogP contribution < -0.4 is 11.5 Å². The van der Waals surface area contributed by atoms with E-state index in [1.807, 2.05) is 102 Å². The number of nitrogens with two attached hydrogens (primary N) is 2. The van der Waals surface area contributed by atoms with Crippen LogP contribution in [0.1, 0.15) is 89.5 Å². The van der Waals surface area contributed by atoms with Gasteiger partial charge in [-0.3, -0.25) is 18.7 Å². The van der Waals surface area contributed by atoms with E-state index in [1.165, 1.54) is 9.80 Å². The minimum absolute atomic E-state index is 0. The molecule has 476 valence electrons. The van der Waals surface area contributed by atoms with Gasteiger partial charge in [0.1, 0.15) is 73.8 Å². The summed E-state index contributed by atoms with van der Waals surface area (Å²) in [4.78, 5) is 38.1. The maximum Gasteiger partial charge on any atom is 0.261 e. The fourth-order valence-corrected chi connectivity index (χ4v) is 8.54. The SMILES string of the molecule is CC(C)(C)[C@@H](N(CC[C@H](N)CF)C(=O)CO)n1cc(-c2cc(F)ccc2F)nc1Cc1ccccc1.CC(C)(C)[C@@H](N(CC[C@H](N)CF)C(=O)CO)n1cc(-c2cc(F)ccc2F)nc1Cc1ccccc1.CS(=O)(=O)O.CS(=O)(=O)O.O.O.O. The predicted octanol–water partition coefficient (Wildman–Crippen LogP) is 5.48. The van der Waals surface area contributed by atoms with Gasteiger partial charge in [0.15, 0.2) is 0 Å². The summed E-state index contributed by atoms with van der Waals surface area (Å²) < 4.78 is 139. The van der Waals surface area contributed by atoms with E-state index in [2.05, 4.69) is 9.97 Å². The molecule has 0 saturated carbocycles. The Labute approximate surface area is 491 Å². The van der Waals surface area contributed by atoms with E-state index in [0.717, 1.165) is 47.5 Å². The van der Waals surface area contributed by atoms with Gasteiger partial charge < -0.3 is 57.0 Å². The quantitative estimate of drug-likeness (QED) is 0.0407. The van der Waals surface area contributed by atoms with Crippen molar-refractivity contribution in [3.05, 3.63) is 156 Å². The Hall–Kier alpha value is -6.64. The molecule has 29 heteroatoms. The van der Waals surface area contributed by atoms with Gasteiger partial charge in [0.2, 0.25) is 11.8 Å². The van der Waals surface area contributed by atoms with Crippen molar-refractivity contribution in [3.63, 3.8) is 0 Å². The number of aliphatic hydroxyl groups excluding tert-OH is 2. The Balaban J connectivity index is 0.00000139. The Morgan fingerprint density at radius 3 is 1.12 bits per heavy atom. The van der Waals surface area contributed by atoms with Crippen molar-refractivity contribution in [1.29, 1.82) is 0 Å². The van der Waals surface area contributed by atoms with E-state index in [1.54, 1.807) is 21.5 Å². The van der Waals surface area contributed by atoms with Crippen LogP contribution in [-0.4, -0.2) is 158 Å². The normalized spacial score (nSPS) is 12.8. The van der Waals surface area contributed by atoms with Gasteiger partial charge in [0.05, 0.1) is 23.9 Å². The number of amides is 2. The highest BCUT2D eigenvalue weighted by molar-refractivity contribution is 7.85. The summed E-state index contributed by atoms with van der Waals surface area (Å²) in [6, 6.07) is 23.8. The number of alkyl halides is 2. The molecule has 0 saturated heterocycles. The third-order valence-electron chi connectivity index (χ3n) is 11.9. The topological polar surface area (TPSA) is 372 Å². The number of hydrogen-bond acceptors (Lipinski definition) is 12. The number of benzene rings is 4. The molecule has 2 aromatic heterocycles. The van der Waals surface area contributed by atoms with Crippen LogP contribution in [0.2, 0.25) is 0 Å². The highest BCUT2D eigenvalue weighted by Crippen LogP contribution is 2.39. The summed E-state index contributed by atoms with van der Waals surface area (Å²) in [5.41, 5.74) is 12.7. The number of aliphatic hydroxyl groups is 2. The molecule has 6 rings (SSSR count). The van der Waals surface area contributed by atoms with Gasteiger partial charge in [0, 0.05) is 72.4 Å². The lowest BCUT2D eigenvalue weighted by Crippen LogP contribution is -2.47. The molecule has 4 aromatic carbocycles. The van der Waals surface area contributed by atoms with Gasteiger partial charge in [-0.05, 0) is 60.4 Å². The average Bonchev–Trinajstić information content (AvgIpc) is 2.50. The van der Waals surface area contributed by atoms with Gasteiger partial charge in [-0.2, -0.15) is 16.8 Å². The molecule has 0 fully saturated rings. The van der Waals surface area contributed by atoms with Crippen molar-refractivity contribution in [2.24, 2.45) is 22.3 Å². The number of halogens is 6. The molecule has 0 unspecified atom stereocenters. The van der Waals surface area contributed by atoms with Crippen LogP contribution >= 0.6 is 0 Å². The number of hydrogen-bond donors (Lipinski definition) is 6. The van der Waals surface area contributed by atoms with Crippen LogP contribution in [0.15, 0.2) is 109 Å². The Kier molecular flexibility index (Phi) is 32.4. The van der Waals surface area contributed by atoms with Crippen molar-refractivity contribution >= 4 is 32.1 Å². The Morgan fingerprint density at radius 2 is 0.859 bits per heavy atom. The first-order valence-corrected chi connectivity index (χ1v) is 29.2. The summed E-state index contributed by atoms with van der Waals surface area (Å²) in [5, 5.41) is 19.5.